The van der Waals surface area contributed by atoms with E-state index < -0.39 is 0 Å². The lowest BCUT2D eigenvalue weighted by Crippen LogP contribution is -2.43. The largest absolute Gasteiger partial charge is 0.368 e. The van der Waals surface area contributed by atoms with E-state index in [9.17, 15) is 4.79 Å². The molecular formula is C23H24N6O. The quantitative estimate of drug-likeness (QED) is 0.838. The average molecular weight is 400 g/mol. The molecule has 0 aliphatic carbocycles. The van der Waals surface area contributed by atoms with E-state index >= 15 is 0 Å². The Bertz CT molecular complexity index is 1170. The summed E-state index contributed by atoms with van der Waals surface area (Å²) in [6.07, 6.45) is 15.4. The van der Waals surface area contributed by atoms with Crippen LogP contribution in [0.5, 0.6) is 0 Å². The number of rotatable bonds is 2. The molecule has 3 aliphatic heterocycles. The van der Waals surface area contributed by atoms with Gasteiger partial charge in [0.1, 0.15) is 0 Å². The molecule has 1 N–H and O–H groups in total. The van der Waals surface area contributed by atoms with E-state index in [1.165, 1.54) is 0 Å². The molecule has 2 aromatic heterocycles. The predicted octanol–water partition coefficient (Wildman–Crippen LogP) is 2.33. The maximum absolute atomic E-state index is 13.2. The molecule has 152 valence electrons. The van der Waals surface area contributed by atoms with Crippen LogP contribution >= 0.6 is 0 Å². The van der Waals surface area contributed by atoms with Crippen molar-refractivity contribution in [2.75, 3.05) is 26.2 Å². The molecule has 7 heteroatoms. The van der Waals surface area contributed by atoms with Crippen LogP contribution in [0, 0.1) is 13.8 Å². The van der Waals surface area contributed by atoms with Crippen molar-refractivity contribution in [1.82, 2.24) is 29.7 Å². The Balaban J connectivity index is 1.50. The molecule has 1 amide bonds. The molecule has 30 heavy (non-hydrogen) atoms. The number of fused-ring (bicyclic) bond motifs is 2. The summed E-state index contributed by atoms with van der Waals surface area (Å²) in [5.74, 6) is -0.0827. The van der Waals surface area contributed by atoms with Crippen molar-refractivity contribution in [2.24, 2.45) is 0 Å². The van der Waals surface area contributed by atoms with Gasteiger partial charge in [-0.05, 0) is 38.1 Å². The number of allylic oxidation sites excluding steroid dienone is 6. The lowest BCUT2D eigenvalue weighted by Gasteiger charge is -2.33. The highest BCUT2D eigenvalue weighted by Gasteiger charge is 2.22. The number of aromatic nitrogens is 3. The van der Waals surface area contributed by atoms with Gasteiger partial charge in [-0.15, -0.1) is 0 Å². The molecule has 0 spiro atoms. The number of carbonyl (C=O) groups excluding carboxylic acids is 1. The summed E-state index contributed by atoms with van der Waals surface area (Å²) >= 11 is 0. The number of piperazine rings is 1. The van der Waals surface area contributed by atoms with Crippen LogP contribution in [0.2, 0.25) is 0 Å². The van der Waals surface area contributed by atoms with E-state index in [1.54, 1.807) is 11.0 Å². The summed E-state index contributed by atoms with van der Waals surface area (Å²) in [5.41, 5.74) is 6.22. The fraction of sp³-hybridized carbons (Fsp3) is 0.261. The summed E-state index contributed by atoms with van der Waals surface area (Å²) in [6.45, 7) is 7.70. The molecule has 0 aromatic carbocycles. The molecule has 7 nitrogen and oxygen atoms in total. The smallest absolute Gasteiger partial charge is 0.255 e. The van der Waals surface area contributed by atoms with Crippen molar-refractivity contribution < 1.29 is 4.79 Å². The van der Waals surface area contributed by atoms with Crippen molar-refractivity contribution >= 4 is 17.0 Å². The van der Waals surface area contributed by atoms with Gasteiger partial charge in [0.05, 0.1) is 34.5 Å². The van der Waals surface area contributed by atoms with Crippen LogP contribution < -0.4 is 5.32 Å². The third-order valence-corrected chi connectivity index (χ3v) is 5.56. The molecule has 5 heterocycles. The minimum Gasteiger partial charge on any atom is -0.368 e. The van der Waals surface area contributed by atoms with Crippen molar-refractivity contribution in [3.05, 3.63) is 83.4 Å². The van der Waals surface area contributed by atoms with Gasteiger partial charge in [0.25, 0.3) is 5.91 Å². The average Bonchev–Trinajstić information content (AvgIpc) is 3.16. The topological polar surface area (TPSA) is 65.8 Å². The molecule has 1 saturated heterocycles. The van der Waals surface area contributed by atoms with Gasteiger partial charge >= 0.3 is 0 Å². The Hall–Kier alpha value is -3.45. The summed E-state index contributed by atoms with van der Waals surface area (Å²) in [6, 6.07) is 1.98. The minimum absolute atomic E-state index is 0.0827. The van der Waals surface area contributed by atoms with Crippen LogP contribution in [0.1, 0.15) is 17.1 Å². The second kappa shape index (κ2) is 7.42. The summed E-state index contributed by atoms with van der Waals surface area (Å²) in [7, 11) is 0. The Morgan fingerprint density at radius 1 is 1.07 bits per heavy atom. The monoisotopic (exact) mass is 400 g/mol. The molecule has 1 fully saturated rings. The zero-order valence-corrected chi connectivity index (χ0v) is 17.2. The number of nitrogens with zero attached hydrogens (tertiary/aromatic N) is 5. The van der Waals surface area contributed by atoms with Crippen molar-refractivity contribution in [3.63, 3.8) is 0 Å². The van der Waals surface area contributed by atoms with E-state index in [0.29, 0.717) is 0 Å². The van der Waals surface area contributed by atoms with E-state index in [2.05, 4.69) is 26.4 Å². The number of nitrogens with one attached hydrogen (secondary N) is 1. The summed E-state index contributed by atoms with van der Waals surface area (Å²) in [4.78, 5) is 21.7. The molecule has 0 atom stereocenters. The third kappa shape index (κ3) is 3.37. The van der Waals surface area contributed by atoms with Crippen LogP contribution in [0.25, 0.3) is 11.1 Å². The van der Waals surface area contributed by atoms with Gasteiger partial charge in [0.15, 0.2) is 0 Å². The Morgan fingerprint density at radius 2 is 1.87 bits per heavy atom. The highest BCUT2D eigenvalue weighted by molar-refractivity contribution is 5.99. The second-order valence-corrected chi connectivity index (χ2v) is 7.71. The molecule has 5 rings (SSSR count). The molecule has 0 bridgehead atoms. The van der Waals surface area contributed by atoms with Crippen LogP contribution in [0.15, 0.2) is 66.3 Å². The van der Waals surface area contributed by atoms with E-state index in [0.717, 1.165) is 65.7 Å². The van der Waals surface area contributed by atoms with Gasteiger partial charge in [0, 0.05) is 49.7 Å². The highest BCUT2D eigenvalue weighted by Crippen LogP contribution is 2.25. The summed E-state index contributed by atoms with van der Waals surface area (Å²) < 4.78 is 1.83. The standard InChI is InChI=1S/C23H24N6O/c1-16-14-29-22(17(2)25-16)13-21(26-29)18-4-3-5-19-6-7-20(15-28(19)23(30)12-18)27-10-8-24-9-11-27/h3-7,12-15,24H,8-11H2,1-2H3/b4-3+,18-12+,19-5+. The van der Waals surface area contributed by atoms with E-state index in [-0.39, 0.29) is 5.91 Å². The normalized spacial score (nSPS) is 23.8. The Kier molecular flexibility index (Phi) is 4.59. The van der Waals surface area contributed by atoms with E-state index in [4.69, 9.17) is 0 Å². The van der Waals surface area contributed by atoms with Crippen molar-refractivity contribution in [2.45, 2.75) is 13.8 Å². The van der Waals surface area contributed by atoms with Crippen LogP contribution in [0.4, 0.5) is 0 Å². The van der Waals surface area contributed by atoms with Gasteiger partial charge in [-0.2, -0.15) is 5.10 Å². The first-order valence-corrected chi connectivity index (χ1v) is 10.2. The van der Waals surface area contributed by atoms with Gasteiger partial charge in [-0.25, -0.2) is 4.52 Å². The van der Waals surface area contributed by atoms with Crippen LogP contribution in [-0.2, 0) is 4.79 Å². The third-order valence-electron chi connectivity index (χ3n) is 5.56. The van der Waals surface area contributed by atoms with Gasteiger partial charge in [-0.1, -0.05) is 12.2 Å². The molecule has 0 unspecified atom stereocenters. The lowest BCUT2D eigenvalue weighted by molar-refractivity contribution is -0.122. The SMILES string of the molecule is Cc1cn2nc(C3=C\C(=O)N4C=C(N5CCNCC5)C=C\C4=C/C=C/3)cc2c(C)n1. The first-order valence-electron chi connectivity index (χ1n) is 10.2. The second-order valence-electron chi connectivity index (χ2n) is 7.71. The summed E-state index contributed by atoms with van der Waals surface area (Å²) in [5, 5.41) is 8.04. The van der Waals surface area contributed by atoms with Gasteiger partial charge in [-0.3, -0.25) is 14.7 Å². The fourth-order valence-corrected chi connectivity index (χ4v) is 4.03. The number of carbonyl (C=O) groups is 1. The molecule has 3 aliphatic rings. The van der Waals surface area contributed by atoms with Crippen molar-refractivity contribution in [3.8, 4) is 0 Å². The van der Waals surface area contributed by atoms with E-state index in [1.807, 2.05) is 61.1 Å². The maximum atomic E-state index is 13.2. The maximum Gasteiger partial charge on any atom is 0.255 e. The first kappa shape index (κ1) is 18.6. The highest BCUT2D eigenvalue weighted by atomic mass is 16.2. The van der Waals surface area contributed by atoms with Crippen molar-refractivity contribution in [1.29, 1.82) is 0 Å². The van der Waals surface area contributed by atoms with Crippen LogP contribution in [-0.4, -0.2) is 56.5 Å². The Morgan fingerprint density at radius 3 is 2.70 bits per heavy atom. The number of aryl methyl sites for hydroxylation is 2. The van der Waals surface area contributed by atoms with Gasteiger partial charge in [0.2, 0.25) is 0 Å². The Labute approximate surface area is 175 Å². The zero-order valence-electron chi connectivity index (χ0n) is 17.2. The first-order chi connectivity index (χ1) is 14.6. The molecule has 2 aromatic rings. The molecule has 0 saturated carbocycles. The number of hydrogen-bond acceptors (Lipinski definition) is 5. The predicted molar refractivity (Wildman–Crippen MR) is 116 cm³/mol. The lowest BCUT2D eigenvalue weighted by atomic mass is 10.1. The minimum atomic E-state index is -0.0827. The fourth-order valence-electron chi connectivity index (χ4n) is 4.03. The van der Waals surface area contributed by atoms with Gasteiger partial charge < -0.3 is 10.2 Å². The van der Waals surface area contributed by atoms with Crippen LogP contribution in [0.3, 0.4) is 0 Å². The molecule has 0 radical (unpaired) electrons. The number of hydrogen-bond donors (Lipinski definition) is 1. The number of amides is 1. The zero-order chi connectivity index (χ0) is 20.7. The molecular weight excluding hydrogens is 376 g/mol.